The quantitative estimate of drug-likeness (QED) is 0.262. The van der Waals surface area contributed by atoms with Crippen LogP contribution in [0.15, 0.2) is 12.2 Å². The van der Waals surface area contributed by atoms with E-state index in [2.05, 4.69) is 19.1 Å². The highest BCUT2D eigenvalue weighted by Crippen LogP contribution is 2.21. The van der Waals surface area contributed by atoms with Crippen molar-refractivity contribution in [1.82, 2.24) is 0 Å². The summed E-state index contributed by atoms with van der Waals surface area (Å²) in [7, 11) is 0. The Morgan fingerprint density at radius 1 is 0.963 bits per heavy atom. The Morgan fingerprint density at radius 2 is 1.56 bits per heavy atom. The van der Waals surface area contributed by atoms with Crippen molar-refractivity contribution in [3.63, 3.8) is 0 Å². The third-order valence-corrected chi connectivity index (χ3v) is 5.20. The lowest BCUT2D eigenvalue weighted by Crippen LogP contribution is -2.42. The molecule has 160 valence electrons. The highest BCUT2D eigenvalue weighted by atomic mass is 16.6. The van der Waals surface area contributed by atoms with Crippen LogP contribution in [0.2, 0.25) is 0 Å². The molecule has 0 aliphatic carbocycles. The second-order valence-electron chi connectivity index (χ2n) is 7.68. The van der Waals surface area contributed by atoms with Crippen LogP contribution in [0.3, 0.4) is 0 Å². The van der Waals surface area contributed by atoms with Crippen LogP contribution in [-0.4, -0.2) is 59.6 Å². The molecule has 0 aromatic rings. The van der Waals surface area contributed by atoms with E-state index in [0.717, 1.165) is 12.8 Å². The number of hydrogen-bond donors (Lipinski definition) is 3. The normalized spacial score (nSPS) is 24.1. The van der Waals surface area contributed by atoms with Gasteiger partial charge < -0.3 is 24.8 Å². The summed E-state index contributed by atoms with van der Waals surface area (Å²) < 4.78 is 11.0. The van der Waals surface area contributed by atoms with Crippen molar-refractivity contribution in [2.24, 2.45) is 0 Å². The lowest BCUT2D eigenvalue weighted by Gasteiger charge is -2.23. The molecule has 4 atom stereocenters. The zero-order valence-corrected chi connectivity index (χ0v) is 17.2. The summed E-state index contributed by atoms with van der Waals surface area (Å²) in [5.41, 5.74) is 0. The monoisotopic (exact) mass is 386 g/mol. The summed E-state index contributed by atoms with van der Waals surface area (Å²) in [5, 5.41) is 28.6. The molecule has 1 fully saturated rings. The molecule has 3 N–H and O–H groups in total. The number of rotatable bonds is 17. The maximum absolute atomic E-state index is 9.87. The van der Waals surface area contributed by atoms with Crippen LogP contribution < -0.4 is 0 Å². The standard InChI is InChI=1S/C22H42O5/c1-2-3-4-5-6-7-8-9-10-11-12-13-14-15-16-26-22-20(25)18-27-21(22)19(24)17-23/h7-8,19-25H,2-6,9-18H2,1H3/b8-7+/t19-,20+,21-,22-/m1/s1. The zero-order valence-electron chi connectivity index (χ0n) is 17.2. The van der Waals surface area contributed by atoms with E-state index in [1.807, 2.05) is 0 Å². The Kier molecular flexibility index (Phi) is 15.0. The minimum absolute atomic E-state index is 0.152. The van der Waals surface area contributed by atoms with Gasteiger partial charge in [0, 0.05) is 6.61 Å². The maximum atomic E-state index is 9.87. The van der Waals surface area contributed by atoms with Gasteiger partial charge in [0.1, 0.15) is 24.4 Å². The summed E-state index contributed by atoms with van der Waals surface area (Å²) in [6.45, 7) is 2.57. The van der Waals surface area contributed by atoms with Gasteiger partial charge in [0.15, 0.2) is 0 Å². The first-order valence-corrected chi connectivity index (χ1v) is 11.1. The molecule has 0 bridgehead atoms. The van der Waals surface area contributed by atoms with E-state index in [9.17, 15) is 10.2 Å². The molecule has 0 aromatic heterocycles. The average molecular weight is 387 g/mol. The molecule has 1 aliphatic heterocycles. The molecular weight excluding hydrogens is 344 g/mol. The Bertz CT molecular complexity index is 361. The van der Waals surface area contributed by atoms with E-state index in [-0.39, 0.29) is 13.2 Å². The van der Waals surface area contributed by atoms with Gasteiger partial charge in [-0.05, 0) is 32.1 Å². The van der Waals surface area contributed by atoms with E-state index in [4.69, 9.17) is 14.6 Å². The van der Waals surface area contributed by atoms with Gasteiger partial charge in [-0.2, -0.15) is 0 Å². The Hall–Kier alpha value is -0.460. The molecule has 0 spiro atoms. The summed E-state index contributed by atoms with van der Waals surface area (Å²) in [6, 6.07) is 0. The van der Waals surface area contributed by atoms with Crippen molar-refractivity contribution in [2.75, 3.05) is 19.8 Å². The van der Waals surface area contributed by atoms with Gasteiger partial charge in [-0.1, -0.05) is 64.0 Å². The minimum Gasteiger partial charge on any atom is -0.394 e. The molecule has 1 saturated heterocycles. The zero-order chi connectivity index (χ0) is 19.7. The van der Waals surface area contributed by atoms with E-state index < -0.39 is 24.4 Å². The number of allylic oxidation sites excluding steroid dienone is 2. The van der Waals surface area contributed by atoms with Gasteiger partial charge in [0.25, 0.3) is 0 Å². The van der Waals surface area contributed by atoms with Crippen molar-refractivity contribution >= 4 is 0 Å². The van der Waals surface area contributed by atoms with Crippen molar-refractivity contribution in [3.8, 4) is 0 Å². The van der Waals surface area contributed by atoms with E-state index in [1.165, 1.54) is 64.2 Å². The van der Waals surface area contributed by atoms with Gasteiger partial charge in [-0.3, -0.25) is 0 Å². The van der Waals surface area contributed by atoms with Crippen LogP contribution >= 0.6 is 0 Å². The van der Waals surface area contributed by atoms with Gasteiger partial charge >= 0.3 is 0 Å². The average Bonchev–Trinajstić information content (AvgIpc) is 3.04. The lowest BCUT2D eigenvalue weighted by atomic mass is 10.1. The minimum atomic E-state index is -1.00. The number of hydrogen-bond acceptors (Lipinski definition) is 5. The highest BCUT2D eigenvalue weighted by Gasteiger charge is 2.40. The maximum Gasteiger partial charge on any atom is 0.114 e. The van der Waals surface area contributed by atoms with Gasteiger partial charge in [-0.15, -0.1) is 0 Å². The van der Waals surface area contributed by atoms with Crippen LogP contribution in [0.25, 0.3) is 0 Å². The number of aliphatic hydroxyl groups excluding tert-OH is 3. The van der Waals surface area contributed by atoms with Gasteiger partial charge in [-0.25, -0.2) is 0 Å². The third kappa shape index (κ3) is 11.2. The number of aliphatic hydroxyl groups is 3. The third-order valence-electron chi connectivity index (χ3n) is 5.20. The number of unbranched alkanes of at least 4 members (excludes halogenated alkanes) is 10. The highest BCUT2D eigenvalue weighted by molar-refractivity contribution is 4.89. The second kappa shape index (κ2) is 16.5. The molecular formula is C22H42O5. The first-order chi connectivity index (χ1) is 13.2. The molecule has 0 radical (unpaired) electrons. The predicted molar refractivity (Wildman–Crippen MR) is 109 cm³/mol. The van der Waals surface area contributed by atoms with E-state index in [0.29, 0.717) is 6.61 Å². The fourth-order valence-electron chi connectivity index (χ4n) is 3.47. The Morgan fingerprint density at radius 3 is 2.19 bits per heavy atom. The number of ether oxygens (including phenoxy) is 2. The molecule has 5 nitrogen and oxygen atoms in total. The van der Waals surface area contributed by atoms with Crippen LogP contribution in [0.5, 0.6) is 0 Å². The summed E-state index contributed by atoms with van der Waals surface area (Å²) >= 11 is 0. The predicted octanol–water partition coefficient (Wildman–Crippen LogP) is 3.74. The summed E-state index contributed by atoms with van der Waals surface area (Å²) in [4.78, 5) is 0. The SMILES string of the molecule is CCCCCC/C=C/CCCCCCCCO[C@H]1[C@@H]([C@H](O)CO)OC[C@@H]1O. The topological polar surface area (TPSA) is 79.2 Å². The fourth-order valence-corrected chi connectivity index (χ4v) is 3.47. The van der Waals surface area contributed by atoms with Gasteiger partial charge in [0.2, 0.25) is 0 Å². The van der Waals surface area contributed by atoms with Crippen molar-refractivity contribution in [3.05, 3.63) is 12.2 Å². The van der Waals surface area contributed by atoms with Crippen LogP contribution in [0.1, 0.15) is 84.0 Å². The fraction of sp³-hybridized carbons (Fsp3) is 0.909. The molecule has 27 heavy (non-hydrogen) atoms. The molecule has 1 rings (SSSR count). The van der Waals surface area contributed by atoms with E-state index >= 15 is 0 Å². The summed E-state index contributed by atoms with van der Waals surface area (Å²) in [5.74, 6) is 0. The molecule has 0 aromatic carbocycles. The van der Waals surface area contributed by atoms with Gasteiger partial charge in [0.05, 0.1) is 13.2 Å². The van der Waals surface area contributed by atoms with Crippen molar-refractivity contribution in [1.29, 1.82) is 0 Å². The Balaban J connectivity index is 1.91. The second-order valence-corrected chi connectivity index (χ2v) is 7.68. The lowest BCUT2D eigenvalue weighted by molar-refractivity contribution is -0.0938. The molecule has 0 amide bonds. The molecule has 1 heterocycles. The molecule has 5 heteroatoms. The smallest absolute Gasteiger partial charge is 0.114 e. The van der Waals surface area contributed by atoms with Crippen molar-refractivity contribution < 1.29 is 24.8 Å². The first-order valence-electron chi connectivity index (χ1n) is 11.1. The molecule has 0 unspecified atom stereocenters. The first kappa shape index (κ1) is 24.6. The van der Waals surface area contributed by atoms with Crippen LogP contribution in [0, 0.1) is 0 Å². The van der Waals surface area contributed by atoms with Crippen LogP contribution in [-0.2, 0) is 9.47 Å². The summed E-state index contributed by atoms with van der Waals surface area (Å²) in [6.07, 6.45) is 16.6. The molecule has 0 saturated carbocycles. The largest absolute Gasteiger partial charge is 0.394 e. The van der Waals surface area contributed by atoms with Crippen LogP contribution in [0.4, 0.5) is 0 Å². The Labute approximate surface area is 165 Å². The van der Waals surface area contributed by atoms with Crippen molar-refractivity contribution in [2.45, 2.75) is 108 Å². The molecule has 1 aliphatic rings. The van der Waals surface area contributed by atoms with E-state index in [1.54, 1.807) is 0 Å².